The van der Waals surface area contributed by atoms with Crippen LogP contribution in [0.4, 0.5) is 0 Å². The number of aliphatic hydroxyl groups is 1. The highest BCUT2D eigenvalue weighted by Crippen LogP contribution is 2.24. The van der Waals surface area contributed by atoms with Crippen molar-refractivity contribution in [1.82, 2.24) is 25.8 Å². The highest BCUT2D eigenvalue weighted by Gasteiger charge is 2.24. The van der Waals surface area contributed by atoms with Gasteiger partial charge in [0.15, 0.2) is 0 Å². The van der Waals surface area contributed by atoms with Crippen molar-refractivity contribution in [2.24, 2.45) is 0 Å². The minimum Gasteiger partial charge on any atom is -0.395 e. The second kappa shape index (κ2) is 17.7. The lowest BCUT2D eigenvalue weighted by Crippen LogP contribution is -2.47. The number of aromatic nitrogens is 1. The van der Waals surface area contributed by atoms with Crippen LogP contribution >= 0.6 is 0 Å². The summed E-state index contributed by atoms with van der Waals surface area (Å²) in [5, 5.41) is 31.7. The Morgan fingerprint density at radius 1 is 0.913 bits per heavy atom. The molecule has 11 nitrogen and oxygen atoms in total. The third kappa shape index (κ3) is 10.4. The number of nitrogens with one attached hydrogen (secondary N) is 3. The molecule has 11 heteroatoms. The van der Waals surface area contributed by atoms with Crippen molar-refractivity contribution < 1.29 is 19.6 Å². The number of nitro groups is 1. The third-order valence-electron chi connectivity index (χ3n) is 7.83. The minimum absolute atomic E-state index is 0.129. The molecule has 0 aliphatic rings. The Bertz CT molecular complexity index is 1560. The number of nitrogens with zero attached hydrogens (tertiary/aromatic N) is 3. The Morgan fingerprint density at radius 2 is 1.67 bits per heavy atom. The lowest BCUT2D eigenvalue weighted by atomic mass is 9.99. The number of aliphatic hydroxyl groups excluding tert-OH is 1. The number of hydrogen-bond donors (Lipinski definition) is 4. The van der Waals surface area contributed by atoms with Crippen molar-refractivity contribution in [3.63, 3.8) is 0 Å². The Hall–Kier alpha value is -4.71. The van der Waals surface area contributed by atoms with Gasteiger partial charge in [-0.15, -0.1) is 0 Å². The molecule has 0 bridgehead atoms. The van der Waals surface area contributed by atoms with E-state index in [1.165, 1.54) is 0 Å². The summed E-state index contributed by atoms with van der Waals surface area (Å²) in [5.74, 6) is -0.686. The molecule has 0 spiro atoms. The number of pyridine rings is 1. The van der Waals surface area contributed by atoms with Crippen LogP contribution in [-0.4, -0.2) is 70.6 Å². The number of rotatable bonds is 18. The van der Waals surface area contributed by atoms with Gasteiger partial charge in [0.1, 0.15) is 6.04 Å². The van der Waals surface area contributed by atoms with Gasteiger partial charge in [0.2, 0.25) is 12.5 Å². The van der Waals surface area contributed by atoms with Crippen LogP contribution in [0.3, 0.4) is 0 Å². The first-order chi connectivity index (χ1) is 22.3. The molecule has 46 heavy (non-hydrogen) atoms. The van der Waals surface area contributed by atoms with E-state index in [9.17, 15) is 24.8 Å². The zero-order chi connectivity index (χ0) is 32.7. The van der Waals surface area contributed by atoms with Gasteiger partial charge in [-0.1, -0.05) is 60.7 Å². The molecular weight excluding hydrogens is 584 g/mol. The Balaban J connectivity index is 1.41. The van der Waals surface area contributed by atoms with Crippen molar-refractivity contribution in [3.05, 3.63) is 124 Å². The number of carbonyl (C=O) groups excluding carboxylic acids is 2. The van der Waals surface area contributed by atoms with Gasteiger partial charge in [0.25, 0.3) is 5.91 Å². The van der Waals surface area contributed by atoms with Gasteiger partial charge in [-0.2, -0.15) is 0 Å². The molecule has 2 amide bonds. The van der Waals surface area contributed by atoms with Gasteiger partial charge in [-0.3, -0.25) is 29.6 Å². The lowest BCUT2D eigenvalue weighted by molar-refractivity contribution is -0.480. The number of carbonyl (C=O) groups is 2. The molecule has 0 radical (unpaired) electrons. The van der Waals surface area contributed by atoms with Crippen molar-refractivity contribution in [1.29, 1.82) is 0 Å². The molecule has 0 saturated heterocycles. The van der Waals surface area contributed by atoms with E-state index in [0.717, 1.165) is 27.6 Å². The second-order valence-corrected chi connectivity index (χ2v) is 11.2. The predicted octanol–water partition coefficient (Wildman–Crippen LogP) is 3.85. The fraction of sp³-hybridized carbons (Fsp3) is 0.343. The van der Waals surface area contributed by atoms with Gasteiger partial charge >= 0.3 is 0 Å². The second-order valence-electron chi connectivity index (χ2n) is 11.2. The summed E-state index contributed by atoms with van der Waals surface area (Å²) in [6, 6.07) is 25.8. The van der Waals surface area contributed by atoms with Crippen LogP contribution in [0.2, 0.25) is 0 Å². The third-order valence-corrected chi connectivity index (χ3v) is 7.83. The fourth-order valence-electron chi connectivity index (χ4n) is 5.36. The summed E-state index contributed by atoms with van der Waals surface area (Å²) in [6.07, 6.45) is 2.55. The molecule has 0 aliphatic heterocycles. The summed E-state index contributed by atoms with van der Waals surface area (Å²) in [7, 11) is 0. The molecule has 242 valence electrons. The summed E-state index contributed by atoms with van der Waals surface area (Å²) in [5.41, 5.74) is 3.35. The molecule has 1 heterocycles. The largest absolute Gasteiger partial charge is 0.395 e. The summed E-state index contributed by atoms with van der Waals surface area (Å²) < 4.78 is 0. The molecule has 3 aromatic carbocycles. The maximum atomic E-state index is 13.7. The van der Waals surface area contributed by atoms with E-state index in [1.807, 2.05) is 79.7 Å². The molecule has 1 unspecified atom stereocenters. The van der Waals surface area contributed by atoms with E-state index in [0.29, 0.717) is 38.0 Å². The average Bonchev–Trinajstić information content (AvgIpc) is 3.07. The monoisotopic (exact) mass is 626 g/mol. The van der Waals surface area contributed by atoms with Crippen LogP contribution in [0.5, 0.6) is 0 Å². The first-order valence-corrected chi connectivity index (χ1v) is 15.6. The van der Waals surface area contributed by atoms with Crippen LogP contribution in [0, 0.1) is 10.1 Å². The number of benzene rings is 3. The van der Waals surface area contributed by atoms with Gasteiger partial charge in [-0.05, 0) is 72.5 Å². The Morgan fingerprint density at radius 3 is 2.41 bits per heavy atom. The summed E-state index contributed by atoms with van der Waals surface area (Å²) in [4.78, 5) is 43.6. The standard InChI is InChI=1S/C35H42N6O5/c1-26(31-12-6-9-28-8-2-3-11-32(28)31)38-35(44)33(13-7-19-40(22-23-42)20-21-41(45)46)39-34(43)29-16-14-27(15-17-29)24-36-25-30-10-4-5-18-37-30/h2-6,8-12,14-18,26,33,36,42H,7,13,19-25H2,1H3,(H,38,44)(H,39,43)/t26-,33?/m0/s1. The van der Waals surface area contributed by atoms with E-state index in [-0.39, 0.29) is 44.1 Å². The predicted molar refractivity (Wildman–Crippen MR) is 178 cm³/mol. The lowest BCUT2D eigenvalue weighted by Gasteiger charge is -2.24. The van der Waals surface area contributed by atoms with Gasteiger partial charge in [0.05, 0.1) is 24.9 Å². The molecule has 4 aromatic rings. The molecule has 0 saturated carbocycles. The van der Waals surface area contributed by atoms with Crippen molar-refractivity contribution in [2.75, 3.05) is 32.8 Å². The first kappa shape index (κ1) is 34.2. The SMILES string of the molecule is C[C@H](NC(=O)C(CCCN(CCO)CC[N+](=O)[O-])NC(=O)c1ccc(CNCc2ccccn2)cc1)c1cccc2ccccc12. The van der Waals surface area contributed by atoms with Gasteiger partial charge in [-0.25, -0.2) is 0 Å². The Labute approximate surface area is 269 Å². The molecule has 0 aliphatic carbocycles. The van der Waals surface area contributed by atoms with Crippen molar-refractivity contribution in [3.8, 4) is 0 Å². The van der Waals surface area contributed by atoms with E-state index >= 15 is 0 Å². The summed E-state index contributed by atoms with van der Waals surface area (Å²) >= 11 is 0. The highest BCUT2D eigenvalue weighted by atomic mass is 16.6. The van der Waals surface area contributed by atoms with Crippen molar-refractivity contribution >= 4 is 22.6 Å². The van der Waals surface area contributed by atoms with E-state index in [1.54, 1.807) is 23.2 Å². The van der Waals surface area contributed by atoms with Crippen LogP contribution < -0.4 is 16.0 Å². The minimum atomic E-state index is -0.837. The van der Waals surface area contributed by atoms with Crippen LogP contribution in [-0.2, 0) is 17.9 Å². The van der Waals surface area contributed by atoms with Crippen LogP contribution in [0.15, 0.2) is 91.1 Å². The maximum absolute atomic E-state index is 13.7. The normalized spacial score (nSPS) is 12.5. The van der Waals surface area contributed by atoms with Gasteiger partial charge < -0.3 is 21.1 Å². The van der Waals surface area contributed by atoms with Crippen LogP contribution in [0.25, 0.3) is 10.8 Å². The quantitative estimate of drug-likeness (QED) is 0.0961. The van der Waals surface area contributed by atoms with E-state index in [2.05, 4.69) is 20.9 Å². The zero-order valence-corrected chi connectivity index (χ0v) is 26.1. The van der Waals surface area contributed by atoms with Crippen molar-refractivity contribution in [2.45, 2.75) is 44.9 Å². The summed E-state index contributed by atoms with van der Waals surface area (Å²) in [6.45, 7) is 3.70. The highest BCUT2D eigenvalue weighted by molar-refractivity contribution is 5.97. The number of fused-ring (bicyclic) bond motifs is 1. The first-order valence-electron chi connectivity index (χ1n) is 15.6. The fourth-order valence-corrected chi connectivity index (χ4v) is 5.36. The molecule has 0 fully saturated rings. The Kier molecular flexibility index (Phi) is 13.1. The van der Waals surface area contributed by atoms with E-state index in [4.69, 9.17) is 0 Å². The number of hydrogen-bond acceptors (Lipinski definition) is 8. The topological polar surface area (TPSA) is 150 Å². The average molecular weight is 627 g/mol. The van der Waals surface area contributed by atoms with Gasteiger partial charge in [0, 0.05) is 36.3 Å². The smallest absolute Gasteiger partial charge is 0.251 e. The molecule has 1 aromatic heterocycles. The number of amides is 2. The zero-order valence-electron chi connectivity index (χ0n) is 26.1. The van der Waals surface area contributed by atoms with E-state index < -0.39 is 11.0 Å². The molecular formula is C35H42N6O5. The molecule has 4 rings (SSSR count). The molecule has 2 atom stereocenters. The van der Waals surface area contributed by atoms with Crippen LogP contribution in [0.1, 0.15) is 53.0 Å². The maximum Gasteiger partial charge on any atom is 0.251 e. The molecule has 4 N–H and O–H groups in total.